The number of hydrazine groups is 2. The summed E-state index contributed by atoms with van der Waals surface area (Å²) in [5, 5.41) is 5.96. The first-order valence-electron chi connectivity index (χ1n) is 8.16. The SMILES string of the molecule is CCCCCCCCCCCCC(C)N1C=NNN1. The molecular weight excluding hydrogens is 236 g/mol. The lowest BCUT2D eigenvalue weighted by atomic mass is 10.0. The average molecular weight is 268 g/mol. The average Bonchev–Trinajstić information content (AvgIpc) is 2.95. The molecular formula is C15H32N4. The molecule has 1 aliphatic rings. The summed E-state index contributed by atoms with van der Waals surface area (Å²) in [6, 6.07) is 0.521. The van der Waals surface area contributed by atoms with Gasteiger partial charge >= 0.3 is 0 Å². The molecule has 1 atom stereocenters. The molecule has 0 spiro atoms. The predicted molar refractivity (Wildman–Crippen MR) is 82.5 cm³/mol. The third kappa shape index (κ3) is 8.09. The third-order valence-electron chi connectivity index (χ3n) is 3.88. The Labute approximate surface area is 119 Å². The summed E-state index contributed by atoms with van der Waals surface area (Å²) in [6.45, 7) is 4.51. The van der Waals surface area contributed by atoms with Gasteiger partial charge in [-0.2, -0.15) is 5.10 Å². The molecule has 0 saturated carbocycles. The van der Waals surface area contributed by atoms with E-state index in [1.54, 1.807) is 0 Å². The van der Waals surface area contributed by atoms with Crippen molar-refractivity contribution >= 4 is 6.34 Å². The maximum Gasteiger partial charge on any atom is 0.128 e. The lowest BCUT2D eigenvalue weighted by molar-refractivity contribution is 0.225. The van der Waals surface area contributed by atoms with Gasteiger partial charge in [0, 0.05) is 6.04 Å². The molecule has 1 aliphatic heterocycles. The number of nitrogens with zero attached hydrogens (tertiary/aromatic N) is 2. The van der Waals surface area contributed by atoms with Crippen LogP contribution in [0.2, 0.25) is 0 Å². The van der Waals surface area contributed by atoms with Crippen LogP contribution >= 0.6 is 0 Å². The van der Waals surface area contributed by atoms with Gasteiger partial charge in [-0.15, -0.1) is 5.53 Å². The van der Waals surface area contributed by atoms with Crippen molar-refractivity contribution in [2.45, 2.75) is 90.5 Å². The van der Waals surface area contributed by atoms with E-state index >= 15 is 0 Å². The molecule has 0 amide bonds. The highest BCUT2D eigenvalue weighted by Gasteiger charge is 2.12. The van der Waals surface area contributed by atoms with Crippen LogP contribution in [0.3, 0.4) is 0 Å². The van der Waals surface area contributed by atoms with Crippen molar-refractivity contribution in [1.82, 2.24) is 16.1 Å². The molecule has 1 heterocycles. The Balaban J connectivity index is 1.79. The minimum atomic E-state index is 0.521. The molecule has 0 fully saturated rings. The van der Waals surface area contributed by atoms with Crippen molar-refractivity contribution in [3.8, 4) is 0 Å². The van der Waals surface area contributed by atoms with Crippen LogP contribution in [0.25, 0.3) is 0 Å². The van der Waals surface area contributed by atoms with E-state index in [1.165, 1.54) is 70.6 Å². The molecule has 0 saturated heterocycles. The Morgan fingerprint density at radius 1 is 0.947 bits per heavy atom. The van der Waals surface area contributed by atoms with Crippen LogP contribution in [0, 0.1) is 0 Å². The van der Waals surface area contributed by atoms with Gasteiger partial charge in [0.1, 0.15) is 6.34 Å². The van der Waals surface area contributed by atoms with Crippen LogP contribution in [0.5, 0.6) is 0 Å². The van der Waals surface area contributed by atoms with Crippen molar-refractivity contribution in [2.75, 3.05) is 0 Å². The van der Waals surface area contributed by atoms with E-state index in [-0.39, 0.29) is 0 Å². The summed E-state index contributed by atoms with van der Waals surface area (Å²) < 4.78 is 0. The highest BCUT2D eigenvalue weighted by atomic mass is 15.8. The molecule has 0 aliphatic carbocycles. The Bertz CT molecular complexity index is 230. The van der Waals surface area contributed by atoms with Crippen LogP contribution in [0.1, 0.15) is 84.5 Å². The first-order valence-corrected chi connectivity index (χ1v) is 8.16. The summed E-state index contributed by atoms with van der Waals surface area (Å²) in [6.07, 6.45) is 17.1. The molecule has 0 bridgehead atoms. The molecule has 0 aromatic heterocycles. The number of unbranched alkanes of at least 4 members (excludes halogenated alkanes) is 9. The molecule has 19 heavy (non-hydrogen) atoms. The van der Waals surface area contributed by atoms with Gasteiger partial charge in [0.15, 0.2) is 0 Å². The summed E-state index contributed by atoms with van der Waals surface area (Å²) >= 11 is 0. The fourth-order valence-electron chi connectivity index (χ4n) is 2.50. The number of hydrogen-bond acceptors (Lipinski definition) is 4. The zero-order valence-electron chi connectivity index (χ0n) is 12.8. The number of hydrogen-bond donors (Lipinski definition) is 2. The molecule has 0 aromatic carbocycles. The largest absolute Gasteiger partial charge is 0.275 e. The second kappa shape index (κ2) is 11.1. The zero-order valence-corrected chi connectivity index (χ0v) is 12.8. The van der Waals surface area contributed by atoms with Gasteiger partial charge in [-0.1, -0.05) is 71.1 Å². The monoisotopic (exact) mass is 268 g/mol. The number of hydrazone groups is 1. The second-order valence-electron chi connectivity index (χ2n) is 5.70. The van der Waals surface area contributed by atoms with Crippen molar-refractivity contribution in [3.63, 3.8) is 0 Å². The minimum Gasteiger partial charge on any atom is -0.275 e. The Morgan fingerprint density at radius 3 is 2.05 bits per heavy atom. The Morgan fingerprint density at radius 2 is 1.53 bits per heavy atom. The first-order chi connectivity index (χ1) is 9.34. The van der Waals surface area contributed by atoms with Gasteiger partial charge in [0.2, 0.25) is 0 Å². The Hall–Kier alpha value is -0.770. The molecule has 1 unspecified atom stereocenters. The molecule has 112 valence electrons. The van der Waals surface area contributed by atoms with Gasteiger partial charge < -0.3 is 0 Å². The molecule has 0 aromatic rings. The van der Waals surface area contributed by atoms with Crippen LogP contribution < -0.4 is 11.1 Å². The highest BCUT2D eigenvalue weighted by molar-refractivity contribution is 5.55. The van der Waals surface area contributed by atoms with Crippen LogP contribution in [0.15, 0.2) is 5.10 Å². The highest BCUT2D eigenvalue weighted by Crippen LogP contribution is 2.13. The van der Waals surface area contributed by atoms with Gasteiger partial charge in [0.05, 0.1) is 0 Å². The van der Waals surface area contributed by atoms with Crippen LogP contribution in [-0.2, 0) is 0 Å². The van der Waals surface area contributed by atoms with Gasteiger partial charge in [-0.05, 0) is 13.3 Å². The normalized spacial score (nSPS) is 15.8. The fourth-order valence-corrected chi connectivity index (χ4v) is 2.50. The second-order valence-corrected chi connectivity index (χ2v) is 5.70. The summed E-state index contributed by atoms with van der Waals surface area (Å²) in [7, 11) is 0. The number of rotatable bonds is 12. The maximum atomic E-state index is 3.92. The van der Waals surface area contributed by atoms with Crippen molar-refractivity contribution < 1.29 is 0 Å². The van der Waals surface area contributed by atoms with E-state index in [4.69, 9.17) is 0 Å². The topological polar surface area (TPSA) is 39.7 Å². The maximum absolute atomic E-state index is 3.92. The van der Waals surface area contributed by atoms with E-state index in [0.717, 1.165) is 0 Å². The lowest BCUT2D eigenvalue weighted by Gasteiger charge is -2.21. The van der Waals surface area contributed by atoms with Crippen molar-refractivity contribution in [1.29, 1.82) is 0 Å². The molecule has 1 rings (SSSR count). The molecule has 4 heteroatoms. The summed E-state index contributed by atoms with van der Waals surface area (Å²) in [5.41, 5.74) is 5.74. The lowest BCUT2D eigenvalue weighted by Crippen LogP contribution is -2.43. The van der Waals surface area contributed by atoms with E-state index in [9.17, 15) is 0 Å². The van der Waals surface area contributed by atoms with Gasteiger partial charge in [-0.3, -0.25) is 5.01 Å². The standard InChI is InChI=1S/C15H32N4/c1-3-4-5-6-7-8-9-10-11-12-13-15(2)19-14-16-17-18-19/h14-15,17-18H,3-13H2,1-2H3. The molecule has 2 N–H and O–H groups in total. The third-order valence-corrected chi connectivity index (χ3v) is 3.88. The van der Waals surface area contributed by atoms with E-state index in [1.807, 2.05) is 11.3 Å². The zero-order chi connectivity index (χ0) is 13.8. The first kappa shape index (κ1) is 16.3. The number of nitrogens with one attached hydrogen (secondary N) is 2. The van der Waals surface area contributed by atoms with Crippen molar-refractivity contribution in [2.24, 2.45) is 5.10 Å². The van der Waals surface area contributed by atoms with E-state index in [0.29, 0.717) is 6.04 Å². The minimum absolute atomic E-state index is 0.521. The van der Waals surface area contributed by atoms with Gasteiger partial charge in [0.25, 0.3) is 0 Å². The van der Waals surface area contributed by atoms with Gasteiger partial charge in [-0.25, -0.2) is 5.53 Å². The van der Waals surface area contributed by atoms with Crippen molar-refractivity contribution in [3.05, 3.63) is 0 Å². The van der Waals surface area contributed by atoms with Crippen LogP contribution in [0.4, 0.5) is 0 Å². The quantitative estimate of drug-likeness (QED) is 0.526. The molecule has 0 radical (unpaired) electrons. The smallest absolute Gasteiger partial charge is 0.128 e. The summed E-state index contributed by atoms with van der Waals surface area (Å²) in [5.74, 6) is 0. The van der Waals surface area contributed by atoms with E-state index < -0.39 is 0 Å². The molecule has 4 nitrogen and oxygen atoms in total. The Kier molecular flexibility index (Phi) is 9.51. The van der Waals surface area contributed by atoms with Crippen LogP contribution in [-0.4, -0.2) is 17.4 Å². The predicted octanol–water partition coefficient (Wildman–Crippen LogP) is 3.95. The fraction of sp³-hybridized carbons (Fsp3) is 0.933. The summed E-state index contributed by atoms with van der Waals surface area (Å²) in [4.78, 5) is 0. The van der Waals surface area contributed by atoms with E-state index in [2.05, 4.69) is 30.0 Å².